The molecule has 2 aliphatic heterocycles. The standard InChI is InChI=1S/C6H11NO2.ClH/c8-4-6-1-5(2-9-6)7-3-6;/h5,7-8H,1-4H2;1H/t5-,6?;/m1./s1. The Labute approximate surface area is 66.2 Å². The second-order valence-electron chi connectivity index (χ2n) is 2.93. The number of morpholine rings is 1. The molecule has 2 fully saturated rings. The van der Waals surface area contributed by atoms with Crippen LogP contribution in [0.1, 0.15) is 6.42 Å². The predicted molar refractivity (Wildman–Crippen MR) is 39.4 cm³/mol. The van der Waals surface area contributed by atoms with Crippen molar-refractivity contribution in [2.45, 2.75) is 18.1 Å². The van der Waals surface area contributed by atoms with Gasteiger partial charge in [0.25, 0.3) is 0 Å². The zero-order valence-corrected chi connectivity index (χ0v) is 6.49. The van der Waals surface area contributed by atoms with E-state index in [9.17, 15) is 0 Å². The average molecular weight is 166 g/mol. The van der Waals surface area contributed by atoms with Gasteiger partial charge in [0, 0.05) is 12.6 Å². The molecule has 60 valence electrons. The fraction of sp³-hybridized carbons (Fsp3) is 1.00. The summed E-state index contributed by atoms with van der Waals surface area (Å²) in [7, 11) is 0. The first-order valence-electron chi connectivity index (χ1n) is 3.33. The normalized spacial score (nSPS) is 43.5. The number of hydrogen-bond acceptors (Lipinski definition) is 3. The van der Waals surface area contributed by atoms with Crippen molar-refractivity contribution in [3.8, 4) is 0 Å². The second-order valence-corrected chi connectivity index (χ2v) is 2.93. The molecule has 10 heavy (non-hydrogen) atoms. The Bertz CT molecular complexity index is 123. The molecule has 0 aromatic carbocycles. The first kappa shape index (κ1) is 8.27. The van der Waals surface area contributed by atoms with Gasteiger partial charge in [0.15, 0.2) is 0 Å². The van der Waals surface area contributed by atoms with E-state index in [4.69, 9.17) is 9.84 Å². The maximum Gasteiger partial charge on any atom is 0.105 e. The minimum Gasteiger partial charge on any atom is -0.393 e. The lowest BCUT2D eigenvalue weighted by Crippen LogP contribution is -2.41. The van der Waals surface area contributed by atoms with Crippen molar-refractivity contribution in [3.63, 3.8) is 0 Å². The molecule has 2 rings (SSSR count). The molecule has 0 aliphatic carbocycles. The highest BCUT2D eigenvalue weighted by Gasteiger charge is 2.45. The van der Waals surface area contributed by atoms with E-state index in [1.807, 2.05) is 0 Å². The zero-order valence-electron chi connectivity index (χ0n) is 5.67. The Morgan fingerprint density at radius 2 is 2.50 bits per heavy atom. The molecule has 0 amide bonds. The highest BCUT2D eigenvalue weighted by atomic mass is 35.5. The highest BCUT2D eigenvalue weighted by molar-refractivity contribution is 5.85. The summed E-state index contributed by atoms with van der Waals surface area (Å²) >= 11 is 0. The molecule has 0 radical (unpaired) electrons. The van der Waals surface area contributed by atoms with Gasteiger partial charge in [-0.2, -0.15) is 0 Å². The van der Waals surface area contributed by atoms with Gasteiger partial charge < -0.3 is 15.2 Å². The summed E-state index contributed by atoms with van der Waals surface area (Å²) in [5.41, 5.74) is -0.204. The molecule has 1 unspecified atom stereocenters. The highest BCUT2D eigenvalue weighted by Crippen LogP contribution is 2.30. The molecule has 2 aliphatic rings. The van der Waals surface area contributed by atoms with E-state index >= 15 is 0 Å². The molecule has 0 aromatic heterocycles. The number of nitrogens with one attached hydrogen (secondary N) is 1. The average Bonchev–Trinajstić information content (AvgIpc) is 2.46. The Hall–Kier alpha value is 0.170. The van der Waals surface area contributed by atoms with Gasteiger partial charge in [0.05, 0.1) is 13.2 Å². The van der Waals surface area contributed by atoms with E-state index in [1.54, 1.807) is 0 Å². The van der Waals surface area contributed by atoms with Gasteiger partial charge in [-0.3, -0.25) is 0 Å². The van der Waals surface area contributed by atoms with Crippen molar-refractivity contribution in [2.75, 3.05) is 19.8 Å². The molecule has 2 atom stereocenters. The molecular formula is C6H12ClNO2. The Morgan fingerprint density at radius 3 is 2.70 bits per heavy atom. The molecule has 2 saturated heterocycles. The van der Waals surface area contributed by atoms with E-state index < -0.39 is 0 Å². The topological polar surface area (TPSA) is 41.5 Å². The van der Waals surface area contributed by atoms with Crippen molar-refractivity contribution in [2.24, 2.45) is 0 Å². The molecule has 2 heterocycles. The van der Waals surface area contributed by atoms with Crippen LogP contribution in [0.4, 0.5) is 0 Å². The van der Waals surface area contributed by atoms with Crippen LogP contribution in [-0.4, -0.2) is 36.5 Å². The predicted octanol–water partition coefficient (Wildman–Crippen LogP) is -0.469. The summed E-state index contributed by atoms with van der Waals surface area (Å²) in [6, 6.07) is 0.511. The largest absolute Gasteiger partial charge is 0.393 e. The van der Waals surface area contributed by atoms with Crippen LogP contribution >= 0.6 is 12.4 Å². The van der Waals surface area contributed by atoms with Crippen LogP contribution < -0.4 is 5.32 Å². The van der Waals surface area contributed by atoms with Gasteiger partial charge in [-0.05, 0) is 6.42 Å². The van der Waals surface area contributed by atoms with Crippen LogP contribution in [0.5, 0.6) is 0 Å². The maximum atomic E-state index is 8.88. The number of ether oxygens (including phenoxy) is 1. The van der Waals surface area contributed by atoms with Gasteiger partial charge in [-0.15, -0.1) is 12.4 Å². The van der Waals surface area contributed by atoms with Crippen molar-refractivity contribution >= 4 is 12.4 Å². The molecule has 0 spiro atoms. The molecule has 2 N–H and O–H groups in total. The Morgan fingerprint density at radius 1 is 1.70 bits per heavy atom. The van der Waals surface area contributed by atoms with E-state index in [1.165, 1.54) is 0 Å². The third-order valence-corrected chi connectivity index (χ3v) is 2.21. The van der Waals surface area contributed by atoms with Crippen molar-refractivity contribution in [1.82, 2.24) is 5.32 Å². The molecular weight excluding hydrogens is 154 g/mol. The van der Waals surface area contributed by atoms with Gasteiger partial charge in [-0.25, -0.2) is 0 Å². The number of hydrogen-bond donors (Lipinski definition) is 2. The van der Waals surface area contributed by atoms with Crippen molar-refractivity contribution in [1.29, 1.82) is 0 Å². The lowest BCUT2D eigenvalue weighted by atomic mass is 10.1. The van der Waals surface area contributed by atoms with Crippen LogP contribution in [0.25, 0.3) is 0 Å². The summed E-state index contributed by atoms with van der Waals surface area (Å²) in [6.45, 7) is 1.77. The molecule has 0 aromatic rings. The fourth-order valence-corrected chi connectivity index (χ4v) is 1.60. The van der Waals surface area contributed by atoms with Crippen molar-refractivity contribution in [3.05, 3.63) is 0 Å². The van der Waals surface area contributed by atoms with Gasteiger partial charge in [0.1, 0.15) is 5.60 Å². The van der Waals surface area contributed by atoms with Crippen LogP contribution in [0.3, 0.4) is 0 Å². The van der Waals surface area contributed by atoms with E-state index in [0.29, 0.717) is 6.04 Å². The number of halogens is 1. The lowest BCUT2D eigenvalue weighted by Gasteiger charge is -2.23. The molecule has 4 heteroatoms. The van der Waals surface area contributed by atoms with Crippen LogP contribution in [0, 0.1) is 0 Å². The SMILES string of the molecule is Cl.OCC12CN[C@@H](CO1)C2. The summed E-state index contributed by atoms with van der Waals surface area (Å²) in [6.07, 6.45) is 0.990. The minimum absolute atomic E-state index is 0. The smallest absolute Gasteiger partial charge is 0.105 e. The monoisotopic (exact) mass is 165 g/mol. The summed E-state index contributed by atoms with van der Waals surface area (Å²) < 4.78 is 5.38. The summed E-state index contributed by atoms with van der Waals surface area (Å²) in [4.78, 5) is 0. The van der Waals surface area contributed by atoms with E-state index in [0.717, 1.165) is 19.6 Å². The third-order valence-electron chi connectivity index (χ3n) is 2.21. The molecule has 2 bridgehead atoms. The van der Waals surface area contributed by atoms with Gasteiger partial charge >= 0.3 is 0 Å². The Balaban J connectivity index is 0.000000500. The zero-order chi connectivity index (χ0) is 6.32. The van der Waals surface area contributed by atoms with Gasteiger partial charge in [-0.1, -0.05) is 0 Å². The Kier molecular flexibility index (Phi) is 2.20. The number of fused-ring (bicyclic) bond motifs is 2. The number of rotatable bonds is 1. The molecule has 0 saturated carbocycles. The number of aliphatic hydroxyl groups is 1. The summed E-state index contributed by atoms with van der Waals surface area (Å²) in [5, 5.41) is 12.1. The number of aliphatic hydroxyl groups excluding tert-OH is 1. The second kappa shape index (κ2) is 2.66. The fourth-order valence-electron chi connectivity index (χ4n) is 1.60. The van der Waals surface area contributed by atoms with Crippen LogP contribution in [0.2, 0.25) is 0 Å². The van der Waals surface area contributed by atoms with Gasteiger partial charge in [0.2, 0.25) is 0 Å². The lowest BCUT2D eigenvalue weighted by molar-refractivity contribution is -0.0432. The first-order valence-corrected chi connectivity index (χ1v) is 3.33. The van der Waals surface area contributed by atoms with Crippen LogP contribution in [-0.2, 0) is 4.74 Å². The quantitative estimate of drug-likeness (QED) is 0.552. The van der Waals surface area contributed by atoms with E-state index in [2.05, 4.69) is 5.32 Å². The maximum absolute atomic E-state index is 8.88. The summed E-state index contributed by atoms with van der Waals surface area (Å²) in [5.74, 6) is 0. The first-order chi connectivity index (χ1) is 4.35. The van der Waals surface area contributed by atoms with E-state index in [-0.39, 0.29) is 24.6 Å². The van der Waals surface area contributed by atoms with Crippen LogP contribution in [0.15, 0.2) is 0 Å². The molecule has 3 nitrogen and oxygen atoms in total. The minimum atomic E-state index is -0.204. The van der Waals surface area contributed by atoms with Crippen molar-refractivity contribution < 1.29 is 9.84 Å². The third kappa shape index (κ3) is 1.03.